The third-order valence-corrected chi connectivity index (χ3v) is 3.55. The molecule has 1 aromatic heterocycles. The Hall–Kier alpha value is -2.14. The van der Waals surface area contributed by atoms with Crippen LogP contribution in [0.5, 0.6) is 5.75 Å². The predicted molar refractivity (Wildman–Crippen MR) is 86.6 cm³/mol. The molecule has 22 heavy (non-hydrogen) atoms. The first-order valence-electron chi connectivity index (χ1n) is 7.32. The zero-order valence-corrected chi connectivity index (χ0v) is 13.5. The topological polar surface area (TPSA) is 60.5 Å². The van der Waals surface area contributed by atoms with E-state index in [9.17, 15) is 4.79 Å². The molecule has 118 valence electrons. The Morgan fingerprint density at radius 1 is 1.32 bits per heavy atom. The molecule has 1 aromatic carbocycles. The number of amides is 1. The van der Waals surface area contributed by atoms with E-state index >= 15 is 0 Å². The highest BCUT2D eigenvalue weighted by molar-refractivity contribution is 6.06. The highest BCUT2D eigenvalue weighted by Crippen LogP contribution is 2.30. The van der Waals surface area contributed by atoms with Gasteiger partial charge in [0.1, 0.15) is 5.75 Å². The lowest BCUT2D eigenvalue weighted by Crippen LogP contribution is -2.27. The van der Waals surface area contributed by atoms with Crippen molar-refractivity contribution < 1.29 is 14.3 Å². The number of fused-ring (bicyclic) bond motifs is 1. The molecular formula is C17H22N2O3. The van der Waals surface area contributed by atoms with Crippen molar-refractivity contribution in [1.82, 2.24) is 10.3 Å². The lowest BCUT2D eigenvalue weighted by Gasteiger charge is -2.14. The SMILES string of the molecule is COCCNC(=O)c1cc(OC)cc2c(C(C)C)ccnc12. The number of hydrogen-bond acceptors (Lipinski definition) is 4. The Labute approximate surface area is 130 Å². The van der Waals surface area contributed by atoms with Crippen LogP contribution in [0.15, 0.2) is 24.4 Å². The molecule has 0 atom stereocenters. The molecule has 5 nitrogen and oxygen atoms in total. The molecular weight excluding hydrogens is 280 g/mol. The first kappa shape index (κ1) is 16.2. The molecule has 0 saturated heterocycles. The number of nitrogens with one attached hydrogen (secondary N) is 1. The van der Waals surface area contributed by atoms with Crippen LogP contribution in [0.25, 0.3) is 10.9 Å². The maximum absolute atomic E-state index is 12.4. The fraction of sp³-hybridized carbons (Fsp3) is 0.412. The van der Waals surface area contributed by atoms with Crippen molar-refractivity contribution in [1.29, 1.82) is 0 Å². The van der Waals surface area contributed by atoms with Crippen molar-refractivity contribution >= 4 is 16.8 Å². The van der Waals surface area contributed by atoms with Crippen LogP contribution in [0.2, 0.25) is 0 Å². The van der Waals surface area contributed by atoms with Gasteiger partial charge in [0.15, 0.2) is 0 Å². The van der Waals surface area contributed by atoms with E-state index in [1.807, 2.05) is 12.1 Å². The maximum atomic E-state index is 12.4. The van der Waals surface area contributed by atoms with Crippen molar-refractivity contribution in [3.05, 3.63) is 35.5 Å². The minimum atomic E-state index is -0.172. The molecule has 0 aliphatic carbocycles. The van der Waals surface area contributed by atoms with Gasteiger partial charge in [0.05, 0.1) is 24.8 Å². The number of benzene rings is 1. The van der Waals surface area contributed by atoms with Crippen LogP contribution >= 0.6 is 0 Å². The van der Waals surface area contributed by atoms with Gasteiger partial charge >= 0.3 is 0 Å². The standard InChI is InChI=1S/C17H22N2O3/c1-11(2)13-5-6-18-16-14(13)9-12(22-4)10-15(16)17(20)19-7-8-21-3/h5-6,9-11H,7-8H2,1-4H3,(H,19,20). The largest absolute Gasteiger partial charge is 0.497 e. The van der Waals surface area contributed by atoms with Gasteiger partial charge in [-0.3, -0.25) is 9.78 Å². The summed E-state index contributed by atoms with van der Waals surface area (Å²) in [4.78, 5) is 16.8. The van der Waals surface area contributed by atoms with Crippen molar-refractivity contribution in [2.24, 2.45) is 0 Å². The molecule has 1 heterocycles. The number of rotatable bonds is 6. The Morgan fingerprint density at radius 2 is 2.09 bits per heavy atom. The zero-order valence-electron chi connectivity index (χ0n) is 13.5. The van der Waals surface area contributed by atoms with Gasteiger partial charge in [0, 0.05) is 25.2 Å². The van der Waals surface area contributed by atoms with Gasteiger partial charge in [-0.15, -0.1) is 0 Å². The summed E-state index contributed by atoms with van der Waals surface area (Å²) in [6.45, 7) is 5.16. The molecule has 5 heteroatoms. The van der Waals surface area contributed by atoms with E-state index in [0.29, 0.717) is 35.9 Å². The van der Waals surface area contributed by atoms with Crippen LogP contribution in [0.4, 0.5) is 0 Å². The lowest BCUT2D eigenvalue weighted by atomic mass is 9.97. The number of methoxy groups -OCH3 is 2. The third kappa shape index (κ3) is 3.36. The molecule has 1 N–H and O–H groups in total. The van der Waals surface area contributed by atoms with Crippen LogP contribution in [-0.4, -0.2) is 38.3 Å². The molecule has 0 fully saturated rings. The average molecular weight is 302 g/mol. The van der Waals surface area contributed by atoms with Crippen molar-refractivity contribution in [2.75, 3.05) is 27.4 Å². The van der Waals surface area contributed by atoms with E-state index in [-0.39, 0.29) is 5.91 Å². The Balaban J connectivity index is 2.53. The summed E-state index contributed by atoms with van der Waals surface area (Å²) in [5, 5.41) is 3.79. The Morgan fingerprint density at radius 3 is 2.73 bits per heavy atom. The van der Waals surface area contributed by atoms with E-state index in [1.165, 1.54) is 0 Å². The second kappa shape index (κ2) is 7.22. The molecule has 1 amide bonds. The van der Waals surface area contributed by atoms with Crippen LogP contribution in [-0.2, 0) is 4.74 Å². The fourth-order valence-corrected chi connectivity index (χ4v) is 2.41. The summed E-state index contributed by atoms with van der Waals surface area (Å²) < 4.78 is 10.3. The van der Waals surface area contributed by atoms with E-state index < -0.39 is 0 Å². The van der Waals surface area contributed by atoms with Gasteiger partial charge < -0.3 is 14.8 Å². The molecule has 0 spiro atoms. The molecule has 0 bridgehead atoms. The third-order valence-electron chi connectivity index (χ3n) is 3.55. The maximum Gasteiger partial charge on any atom is 0.253 e. The van der Waals surface area contributed by atoms with Gasteiger partial charge in [-0.05, 0) is 29.7 Å². The molecule has 0 aliphatic rings. The molecule has 0 aliphatic heterocycles. The second-order valence-electron chi connectivity index (χ2n) is 5.37. The lowest BCUT2D eigenvalue weighted by molar-refractivity contribution is 0.0938. The fourth-order valence-electron chi connectivity index (χ4n) is 2.41. The van der Waals surface area contributed by atoms with E-state index in [4.69, 9.17) is 9.47 Å². The average Bonchev–Trinajstić information content (AvgIpc) is 2.53. The minimum absolute atomic E-state index is 0.172. The number of aromatic nitrogens is 1. The summed E-state index contributed by atoms with van der Waals surface area (Å²) in [5.74, 6) is 0.815. The van der Waals surface area contributed by atoms with E-state index in [0.717, 1.165) is 10.9 Å². The van der Waals surface area contributed by atoms with Crippen LogP contribution in [0.3, 0.4) is 0 Å². The summed E-state index contributed by atoms with van der Waals surface area (Å²) in [6, 6.07) is 5.64. The van der Waals surface area contributed by atoms with Crippen molar-refractivity contribution in [2.45, 2.75) is 19.8 Å². The number of carbonyl (C=O) groups is 1. The number of ether oxygens (including phenoxy) is 2. The molecule has 2 aromatic rings. The monoisotopic (exact) mass is 302 g/mol. The summed E-state index contributed by atoms with van der Waals surface area (Å²) >= 11 is 0. The highest BCUT2D eigenvalue weighted by atomic mass is 16.5. The number of carbonyl (C=O) groups excluding carboxylic acids is 1. The smallest absolute Gasteiger partial charge is 0.253 e. The first-order valence-corrected chi connectivity index (χ1v) is 7.32. The molecule has 2 rings (SSSR count). The number of pyridine rings is 1. The van der Waals surface area contributed by atoms with Crippen LogP contribution < -0.4 is 10.1 Å². The number of hydrogen-bond donors (Lipinski definition) is 1. The summed E-state index contributed by atoms with van der Waals surface area (Å²) in [6.07, 6.45) is 1.75. The Kier molecular flexibility index (Phi) is 5.33. The van der Waals surface area contributed by atoms with Crippen LogP contribution in [0, 0.1) is 0 Å². The van der Waals surface area contributed by atoms with Crippen molar-refractivity contribution in [3.8, 4) is 5.75 Å². The molecule has 0 unspecified atom stereocenters. The van der Waals surface area contributed by atoms with E-state index in [1.54, 1.807) is 26.5 Å². The minimum Gasteiger partial charge on any atom is -0.497 e. The van der Waals surface area contributed by atoms with Gasteiger partial charge in [-0.1, -0.05) is 13.8 Å². The van der Waals surface area contributed by atoms with Gasteiger partial charge in [-0.25, -0.2) is 0 Å². The summed E-state index contributed by atoms with van der Waals surface area (Å²) in [7, 11) is 3.20. The Bertz CT molecular complexity index is 668. The second-order valence-corrected chi connectivity index (χ2v) is 5.37. The summed E-state index contributed by atoms with van der Waals surface area (Å²) in [5.41, 5.74) is 2.37. The molecule has 0 radical (unpaired) electrons. The quantitative estimate of drug-likeness (QED) is 0.834. The van der Waals surface area contributed by atoms with E-state index in [2.05, 4.69) is 24.1 Å². The van der Waals surface area contributed by atoms with Gasteiger partial charge in [-0.2, -0.15) is 0 Å². The zero-order chi connectivity index (χ0) is 16.1. The normalized spacial score (nSPS) is 11.0. The predicted octanol–water partition coefficient (Wildman–Crippen LogP) is 2.74. The molecule has 0 saturated carbocycles. The van der Waals surface area contributed by atoms with Gasteiger partial charge in [0.2, 0.25) is 0 Å². The van der Waals surface area contributed by atoms with Crippen molar-refractivity contribution in [3.63, 3.8) is 0 Å². The highest BCUT2D eigenvalue weighted by Gasteiger charge is 2.16. The van der Waals surface area contributed by atoms with Crippen LogP contribution in [0.1, 0.15) is 35.7 Å². The first-order chi connectivity index (χ1) is 10.6. The van der Waals surface area contributed by atoms with Gasteiger partial charge in [0.25, 0.3) is 5.91 Å². The number of nitrogens with zero attached hydrogens (tertiary/aromatic N) is 1.